The van der Waals surface area contributed by atoms with E-state index in [1.54, 1.807) is 0 Å². The van der Waals surface area contributed by atoms with E-state index in [1.807, 2.05) is 57.3 Å². The van der Waals surface area contributed by atoms with Crippen molar-refractivity contribution in [2.45, 2.75) is 144 Å². The van der Waals surface area contributed by atoms with Crippen LogP contribution in [0, 0.1) is 19.8 Å². The number of unbranched alkanes of at least 4 members (excludes halogenated alkanes) is 1. The maximum Gasteiger partial charge on any atom is 0.242 e. The first-order valence-corrected chi connectivity index (χ1v) is 22.7. The Morgan fingerprint density at radius 3 is 1.68 bits per heavy atom. The Kier molecular flexibility index (Phi) is 32.3. The highest BCUT2D eigenvalue weighted by Gasteiger charge is 2.28. The van der Waals surface area contributed by atoms with Gasteiger partial charge in [-0.3, -0.25) is 24.0 Å². The summed E-state index contributed by atoms with van der Waals surface area (Å²) in [5, 5.41) is 24.4. The van der Waals surface area contributed by atoms with Crippen molar-refractivity contribution in [3.05, 3.63) is 83.1 Å². The molecule has 4 rings (SSSR count). The van der Waals surface area contributed by atoms with Crippen molar-refractivity contribution in [3.8, 4) is 0 Å². The summed E-state index contributed by atoms with van der Waals surface area (Å²) in [5.41, 5.74) is 4.77. The maximum absolute atomic E-state index is 12.9. The number of amides is 4. The van der Waals surface area contributed by atoms with Gasteiger partial charge < -0.3 is 41.9 Å². The minimum absolute atomic E-state index is 0.0175. The second-order valence-corrected chi connectivity index (χ2v) is 15.8. The van der Waals surface area contributed by atoms with E-state index in [4.69, 9.17) is 5.11 Å². The molecule has 0 saturated heterocycles. The fourth-order valence-corrected chi connectivity index (χ4v) is 6.73. The molecule has 0 radical (unpaired) electrons. The van der Waals surface area contributed by atoms with Crippen LogP contribution in [-0.2, 0) is 24.0 Å². The number of hydrogen-bond donors (Lipinski definition) is 7. The number of hydrogen-bond acceptors (Lipinski definition) is 9. The summed E-state index contributed by atoms with van der Waals surface area (Å²) < 4.78 is 0. The fourth-order valence-electron chi connectivity index (χ4n) is 6.73. The van der Waals surface area contributed by atoms with Gasteiger partial charge in [0.2, 0.25) is 23.6 Å². The Hall–Kier alpha value is -4.59. The van der Waals surface area contributed by atoms with Gasteiger partial charge in [0.25, 0.3) is 0 Å². The number of allylic oxidation sites excluding steroid dienone is 1. The van der Waals surface area contributed by atoms with Crippen LogP contribution in [0.5, 0.6) is 0 Å². The molecule has 13 nitrogen and oxygen atoms in total. The first kappa shape index (κ1) is 57.4. The van der Waals surface area contributed by atoms with Crippen LogP contribution >= 0.6 is 0 Å². The number of Topliss-reactive ketones (excluding diaryl/α,β-unsaturated/α-hetero) is 1. The molecule has 2 aliphatic rings. The summed E-state index contributed by atoms with van der Waals surface area (Å²) in [6, 6.07) is 20.3. The Morgan fingerprint density at radius 2 is 1.24 bits per heavy atom. The summed E-state index contributed by atoms with van der Waals surface area (Å²) in [6.45, 7) is 19.5. The highest BCUT2D eigenvalue weighted by Crippen LogP contribution is 2.33. The van der Waals surface area contributed by atoms with E-state index >= 15 is 0 Å². The van der Waals surface area contributed by atoms with Crippen molar-refractivity contribution in [3.63, 3.8) is 0 Å². The maximum atomic E-state index is 12.9. The van der Waals surface area contributed by atoms with E-state index in [9.17, 15) is 24.0 Å². The third kappa shape index (κ3) is 26.7. The van der Waals surface area contributed by atoms with Crippen LogP contribution in [0.25, 0.3) is 0 Å². The van der Waals surface area contributed by atoms with E-state index in [0.717, 1.165) is 77.3 Å². The van der Waals surface area contributed by atoms with E-state index in [1.165, 1.54) is 30.5 Å². The molecule has 2 aromatic rings. The molecule has 2 saturated carbocycles. The molecule has 0 heterocycles. The van der Waals surface area contributed by atoms with Crippen LogP contribution in [0.2, 0.25) is 0 Å². The summed E-state index contributed by atoms with van der Waals surface area (Å²) in [5.74, 6) is -1.53. The number of ketones is 1. The molecule has 7 N–H and O–H groups in total. The van der Waals surface area contributed by atoms with Crippen molar-refractivity contribution < 1.29 is 29.1 Å². The smallest absolute Gasteiger partial charge is 0.242 e. The Morgan fingerprint density at radius 1 is 0.726 bits per heavy atom. The Bertz CT molecular complexity index is 1520. The lowest BCUT2D eigenvalue weighted by molar-refractivity contribution is -0.131. The van der Waals surface area contributed by atoms with Gasteiger partial charge in [0.05, 0.1) is 25.7 Å². The van der Waals surface area contributed by atoms with Crippen molar-refractivity contribution in [2.75, 3.05) is 46.9 Å². The molecule has 350 valence electrons. The molecule has 2 atom stereocenters. The molecular formula is C49H83N7O6. The number of carbonyl (C=O) groups is 5. The highest BCUT2D eigenvalue weighted by atomic mass is 16.2. The number of benzene rings is 2. The number of nitrogens with one attached hydrogen (secondary N) is 6. The number of aliphatic hydroxyl groups excluding tert-OH is 1. The van der Waals surface area contributed by atoms with Gasteiger partial charge >= 0.3 is 0 Å². The standard InChI is InChI=1S/C32H57N7O5.2C7H8.C2H6.CH4O/c1-7-39(21(2)3)17-9-8-10-27(30(24-11-12-24)34-18-22(4)40)38-29(42)20-35-31(43)23(5)37-28(41)19-36-32(44)25-13-15-26(33-6)16-14-25;2*1-7-5-3-2-4-6-7;2*1-2/h21,23,25-27,33-34H,7-20H2,1-6H3,(H,35,43)(H,36,44)(H,37,41)(H,38,42);2*2-6H,1H3;1-2H3;2H,1H3. The SMILES string of the molecule is CC.CCN(CCCCC(NC(=O)CNC(=O)C(C)NC(=O)CNC(=O)C1CCC(NC)CC1)C(NCC(C)=O)=C1CC1)C(C)C.CO.Cc1ccccc1.Cc1ccccc1. The van der Waals surface area contributed by atoms with Gasteiger partial charge in [-0.2, -0.15) is 0 Å². The number of nitrogens with zero attached hydrogens (tertiary/aromatic N) is 1. The zero-order chi connectivity index (χ0) is 46.9. The molecule has 2 aliphatic carbocycles. The lowest BCUT2D eigenvalue weighted by atomic mass is 9.85. The molecule has 0 bridgehead atoms. The molecule has 0 aromatic heterocycles. The zero-order valence-electron chi connectivity index (χ0n) is 40.0. The number of aryl methyl sites for hydroxylation is 2. The van der Waals surface area contributed by atoms with Gasteiger partial charge in [0, 0.05) is 30.8 Å². The molecule has 2 aromatic carbocycles. The number of rotatable bonds is 20. The Balaban J connectivity index is 0.00000170. The minimum atomic E-state index is -0.877. The monoisotopic (exact) mass is 866 g/mol. The van der Waals surface area contributed by atoms with Crippen LogP contribution in [0.15, 0.2) is 71.9 Å². The summed E-state index contributed by atoms with van der Waals surface area (Å²) in [6.07, 6.45) is 7.89. The van der Waals surface area contributed by atoms with Crippen molar-refractivity contribution in [1.82, 2.24) is 36.8 Å². The van der Waals surface area contributed by atoms with Crippen LogP contribution < -0.4 is 31.9 Å². The third-order valence-corrected chi connectivity index (χ3v) is 10.4. The van der Waals surface area contributed by atoms with Gasteiger partial charge in [0.1, 0.15) is 11.8 Å². The second kappa shape index (κ2) is 34.9. The van der Waals surface area contributed by atoms with E-state index < -0.39 is 17.9 Å². The van der Waals surface area contributed by atoms with Gasteiger partial charge in [-0.25, -0.2) is 0 Å². The predicted octanol–water partition coefficient (Wildman–Crippen LogP) is 5.74. The van der Waals surface area contributed by atoms with E-state index in [2.05, 4.69) is 95.7 Å². The molecule has 62 heavy (non-hydrogen) atoms. The van der Waals surface area contributed by atoms with Gasteiger partial charge in [-0.1, -0.05) is 92.6 Å². The number of carbonyl (C=O) groups excluding carboxylic acids is 5. The first-order chi connectivity index (χ1) is 29.7. The molecular weight excluding hydrogens is 783 g/mol. The van der Waals surface area contributed by atoms with Crippen LogP contribution in [-0.4, -0.2) is 110 Å². The largest absolute Gasteiger partial charge is 0.400 e. The zero-order valence-corrected chi connectivity index (χ0v) is 40.0. The minimum Gasteiger partial charge on any atom is -0.400 e. The first-order valence-electron chi connectivity index (χ1n) is 22.7. The van der Waals surface area contributed by atoms with E-state index in [0.29, 0.717) is 18.5 Å². The highest BCUT2D eigenvalue weighted by molar-refractivity contribution is 5.92. The average molecular weight is 866 g/mol. The summed E-state index contributed by atoms with van der Waals surface area (Å²) in [7, 11) is 2.92. The molecule has 13 heteroatoms. The quantitative estimate of drug-likeness (QED) is 0.0818. The van der Waals surface area contributed by atoms with Crippen LogP contribution in [0.4, 0.5) is 0 Å². The van der Waals surface area contributed by atoms with Crippen molar-refractivity contribution in [2.24, 2.45) is 5.92 Å². The summed E-state index contributed by atoms with van der Waals surface area (Å²) >= 11 is 0. The van der Waals surface area contributed by atoms with E-state index in [-0.39, 0.29) is 49.2 Å². The molecule has 0 aliphatic heterocycles. The average Bonchev–Trinajstić information content (AvgIpc) is 4.12. The lowest BCUT2D eigenvalue weighted by Crippen LogP contribution is -2.51. The lowest BCUT2D eigenvalue weighted by Gasteiger charge is -2.27. The van der Waals surface area contributed by atoms with Gasteiger partial charge in [0.15, 0.2) is 0 Å². The van der Waals surface area contributed by atoms with Gasteiger partial charge in [-0.05, 0) is 125 Å². The normalized spacial score (nSPS) is 15.7. The third-order valence-electron chi connectivity index (χ3n) is 10.4. The predicted molar refractivity (Wildman–Crippen MR) is 253 cm³/mol. The topological polar surface area (TPSA) is 181 Å². The van der Waals surface area contributed by atoms with Gasteiger partial charge in [-0.15, -0.1) is 0 Å². The molecule has 2 unspecified atom stereocenters. The Labute approximate surface area is 374 Å². The fraction of sp³-hybridized carbons (Fsp3) is 0.612. The van der Waals surface area contributed by atoms with Crippen LogP contribution in [0.3, 0.4) is 0 Å². The molecule has 4 amide bonds. The molecule has 2 fully saturated rings. The number of aliphatic hydroxyl groups is 1. The molecule has 0 spiro atoms. The second-order valence-electron chi connectivity index (χ2n) is 15.8. The van der Waals surface area contributed by atoms with Crippen molar-refractivity contribution >= 4 is 29.4 Å². The summed E-state index contributed by atoms with van der Waals surface area (Å²) in [4.78, 5) is 64.5. The van der Waals surface area contributed by atoms with Crippen molar-refractivity contribution in [1.29, 1.82) is 0 Å². The van der Waals surface area contributed by atoms with Crippen LogP contribution in [0.1, 0.15) is 117 Å².